The summed E-state index contributed by atoms with van der Waals surface area (Å²) in [5.74, 6) is 0. The Bertz CT molecular complexity index is 520. The molecule has 0 spiro atoms. The third-order valence-corrected chi connectivity index (χ3v) is 2.56. The van der Waals surface area contributed by atoms with E-state index in [1.807, 2.05) is 0 Å². The predicted molar refractivity (Wildman–Crippen MR) is 74.1 cm³/mol. The molecule has 1 heterocycles. The maximum absolute atomic E-state index is 12.8. The molecule has 1 unspecified atom stereocenters. The van der Waals surface area contributed by atoms with E-state index in [2.05, 4.69) is 10.4 Å². The molecule has 6 nitrogen and oxygen atoms in total. The molecule has 1 aromatic rings. The van der Waals surface area contributed by atoms with Crippen LogP contribution in [0.2, 0.25) is 0 Å². The third-order valence-electron chi connectivity index (χ3n) is 2.56. The Morgan fingerprint density at radius 1 is 1.45 bits per heavy atom. The van der Waals surface area contributed by atoms with Crippen LogP contribution in [0.25, 0.3) is 0 Å². The minimum absolute atomic E-state index is 0.00110. The lowest BCUT2D eigenvalue weighted by molar-refractivity contribution is -0.142. The smallest absolute Gasteiger partial charge is 0.435 e. The maximum atomic E-state index is 12.8. The summed E-state index contributed by atoms with van der Waals surface area (Å²) >= 11 is 0. The molecular formula is C13H21F3N4O2. The van der Waals surface area contributed by atoms with E-state index in [-0.39, 0.29) is 18.5 Å². The van der Waals surface area contributed by atoms with E-state index in [0.717, 1.165) is 4.68 Å². The van der Waals surface area contributed by atoms with E-state index in [4.69, 9.17) is 10.5 Å². The number of ether oxygens (including phenoxy) is 1. The van der Waals surface area contributed by atoms with Gasteiger partial charge in [0.1, 0.15) is 5.60 Å². The van der Waals surface area contributed by atoms with Gasteiger partial charge in [-0.2, -0.15) is 18.3 Å². The van der Waals surface area contributed by atoms with Gasteiger partial charge in [0.05, 0.1) is 0 Å². The zero-order chi connectivity index (χ0) is 17.1. The van der Waals surface area contributed by atoms with Crippen LogP contribution in [-0.2, 0) is 24.4 Å². The minimum atomic E-state index is -4.53. The van der Waals surface area contributed by atoms with Gasteiger partial charge in [-0.1, -0.05) is 0 Å². The molecule has 22 heavy (non-hydrogen) atoms. The molecule has 0 aliphatic carbocycles. The second kappa shape index (κ2) is 6.55. The van der Waals surface area contributed by atoms with Crippen LogP contribution < -0.4 is 11.1 Å². The van der Waals surface area contributed by atoms with Crippen LogP contribution in [0.15, 0.2) is 6.20 Å². The van der Waals surface area contributed by atoms with Gasteiger partial charge >= 0.3 is 12.3 Å². The number of alkyl halides is 3. The number of aryl methyl sites for hydroxylation is 1. The first kappa shape index (κ1) is 18.3. The molecule has 0 aromatic carbocycles. The molecule has 0 fully saturated rings. The Balaban J connectivity index is 2.59. The van der Waals surface area contributed by atoms with Crippen LogP contribution >= 0.6 is 0 Å². The Morgan fingerprint density at radius 3 is 2.55 bits per heavy atom. The summed E-state index contributed by atoms with van der Waals surface area (Å²) in [4.78, 5) is 11.5. The maximum Gasteiger partial charge on any atom is 0.435 e. The standard InChI is InChI=1S/C13H21F3N4O2/c1-12(2,3)22-11(21)18-6-9(17)5-8-7-20(4)19-10(8)13(14,15)16/h7,9H,5-6,17H2,1-4H3,(H,18,21). The molecule has 0 radical (unpaired) electrons. The van der Waals surface area contributed by atoms with Gasteiger partial charge < -0.3 is 15.8 Å². The number of hydrogen-bond acceptors (Lipinski definition) is 4. The molecule has 3 N–H and O–H groups in total. The lowest BCUT2D eigenvalue weighted by Gasteiger charge is -2.20. The van der Waals surface area contributed by atoms with Gasteiger partial charge in [-0.05, 0) is 27.2 Å². The van der Waals surface area contributed by atoms with Crippen LogP contribution in [0.1, 0.15) is 32.0 Å². The van der Waals surface area contributed by atoms with Crippen molar-refractivity contribution in [1.82, 2.24) is 15.1 Å². The van der Waals surface area contributed by atoms with Crippen molar-refractivity contribution in [3.05, 3.63) is 17.5 Å². The summed E-state index contributed by atoms with van der Waals surface area (Å²) in [6.45, 7) is 5.12. The van der Waals surface area contributed by atoms with Crippen molar-refractivity contribution in [3.63, 3.8) is 0 Å². The highest BCUT2D eigenvalue weighted by Crippen LogP contribution is 2.30. The van der Waals surface area contributed by atoms with Gasteiger partial charge in [-0.3, -0.25) is 4.68 Å². The molecule has 0 saturated heterocycles. The molecule has 0 aliphatic rings. The zero-order valence-corrected chi connectivity index (χ0v) is 13.0. The van der Waals surface area contributed by atoms with E-state index in [1.54, 1.807) is 20.8 Å². The average Bonchev–Trinajstić information content (AvgIpc) is 2.65. The summed E-state index contributed by atoms with van der Waals surface area (Å²) in [6, 6.07) is -0.683. The molecule has 1 aromatic heterocycles. The van der Waals surface area contributed by atoms with Gasteiger partial charge in [-0.15, -0.1) is 0 Å². The van der Waals surface area contributed by atoms with Crippen LogP contribution in [0, 0.1) is 0 Å². The van der Waals surface area contributed by atoms with Gasteiger partial charge in [-0.25, -0.2) is 4.79 Å². The SMILES string of the molecule is Cn1cc(CC(N)CNC(=O)OC(C)(C)C)c(C(F)(F)F)n1. The Kier molecular flexibility index (Phi) is 5.44. The molecule has 1 atom stereocenters. The Labute approximate surface area is 126 Å². The number of amides is 1. The van der Waals surface area contributed by atoms with Gasteiger partial charge in [0.15, 0.2) is 5.69 Å². The number of hydrogen-bond donors (Lipinski definition) is 2. The number of carbonyl (C=O) groups is 1. The van der Waals surface area contributed by atoms with Gasteiger partial charge in [0.2, 0.25) is 0 Å². The highest BCUT2D eigenvalue weighted by atomic mass is 19.4. The van der Waals surface area contributed by atoms with Gasteiger partial charge in [0, 0.05) is 31.4 Å². The summed E-state index contributed by atoms with van der Waals surface area (Å²) in [6.07, 6.45) is -3.98. The van der Waals surface area contributed by atoms with E-state index in [9.17, 15) is 18.0 Å². The second-order valence-corrected chi connectivity index (χ2v) is 6.02. The van der Waals surface area contributed by atoms with E-state index >= 15 is 0 Å². The molecule has 0 aliphatic heterocycles. The first-order valence-electron chi connectivity index (χ1n) is 6.70. The van der Waals surface area contributed by atoms with Crippen molar-refractivity contribution in [2.24, 2.45) is 12.8 Å². The highest BCUT2D eigenvalue weighted by Gasteiger charge is 2.37. The number of nitrogens with one attached hydrogen (secondary N) is 1. The molecule has 1 rings (SSSR count). The first-order valence-corrected chi connectivity index (χ1v) is 6.70. The van der Waals surface area contributed by atoms with Crippen molar-refractivity contribution in [3.8, 4) is 0 Å². The molecule has 0 bridgehead atoms. The molecular weight excluding hydrogens is 301 g/mol. The Hall–Kier alpha value is -1.77. The average molecular weight is 322 g/mol. The lowest BCUT2D eigenvalue weighted by Crippen LogP contribution is -2.41. The predicted octanol–water partition coefficient (Wildman–Crippen LogP) is 1.83. The fourth-order valence-corrected chi connectivity index (χ4v) is 1.81. The molecule has 1 amide bonds. The van der Waals surface area contributed by atoms with Crippen LogP contribution in [-0.4, -0.2) is 34.1 Å². The van der Waals surface area contributed by atoms with Crippen molar-refractivity contribution in [2.75, 3.05) is 6.54 Å². The van der Waals surface area contributed by atoms with Crippen molar-refractivity contribution in [1.29, 1.82) is 0 Å². The van der Waals surface area contributed by atoms with E-state index < -0.39 is 29.6 Å². The molecule has 126 valence electrons. The number of aromatic nitrogens is 2. The second-order valence-electron chi connectivity index (χ2n) is 6.02. The van der Waals surface area contributed by atoms with Crippen LogP contribution in [0.4, 0.5) is 18.0 Å². The van der Waals surface area contributed by atoms with Gasteiger partial charge in [0.25, 0.3) is 0 Å². The van der Waals surface area contributed by atoms with E-state index in [0.29, 0.717) is 0 Å². The zero-order valence-electron chi connectivity index (χ0n) is 13.0. The number of nitrogens with zero attached hydrogens (tertiary/aromatic N) is 2. The number of alkyl carbamates (subject to hydrolysis) is 1. The quantitative estimate of drug-likeness (QED) is 0.886. The van der Waals surface area contributed by atoms with Crippen molar-refractivity contribution >= 4 is 6.09 Å². The summed E-state index contributed by atoms with van der Waals surface area (Å²) < 4.78 is 44.5. The topological polar surface area (TPSA) is 82.2 Å². The summed E-state index contributed by atoms with van der Waals surface area (Å²) in [7, 11) is 1.41. The summed E-state index contributed by atoms with van der Waals surface area (Å²) in [5.41, 5.74) is 4.15. The van der Waals surface area contributed by atoms with Crippen LogP contribution in [0.3, 0.4) is 0 Å². The van der Waals surface area contributed by atoms with Crippen molar-refractivity contribution in [2.45, 2.75) is 45.0 Å². The normalized spacial score (nSPS) is 13.8. The van der Waals surface area contributed by atoms with Crippen LogP contribution in [0.5, 0.6) is 0 Å². The fraction of sp³-hybridized carbons (Fsp3) is 0.692. The lowest BCUT2D eigenvalue weighted by atomic mass is 10.1. The van der Waals surface area contributed by atoms with E-state index in [1.165, 1.54) is 13.2 Å². The number of halogens is 3. The fourth-order valence-electron chi connectivity index (χ4n) is 1.81. The number of nitrogens with two attached hydrogens (primary N) is 1. The minimum Gasteiger partial charge on any atom is -0.444 e. The summed E-state index contributed by atoms with van der Waals surface area (Å²) in [5, 5.41) is 5.83. The monoisotopic (exact) mass is 322 g/mol. The Morgan fingerprint density at radius 2 is 2.05 bits per heavy atom. The largest absolute Gasteiger partial charge is 0.444 e. The number of rotatable bonds is 4. The number of carbonyl (C=O) groups excluding carboxylic acids is 1. The molecule has 0 saturated carbocycles. The highest BCUT2D eigenvalue weighted by molar-refractivity contribution is 5.67. The third kappa shape index (κ3) is 5.92. The molecule has 9 heteroatoms. The van der Waals surface area contributed by atoms with Crippen molar-refractivity contribution < 1.29 is 22.7 Å². The first-order chi connectivity index (χ1) is 9.88.